The van der Waals surface area contributed by atoms with Crippen LogP contribution in [-0.2, 0) is 4.79 Å². The Labute approximate surface area is 145 Å². The van der Waals surface area contributed by atoms with Crippen LogP contribution in [0, 0.1) is 27.6 Å². The van der Waals surface area contributed by atoms with Gasteiger partial charge in [-0.25, -0.2) is 0 Å². The molecular weight excluding hydrogens is 284 g/mol. The SMILES string of the molecule is CC(CCCC(C)(C)CC(C)(C)C(=O)O)C(C)(C)CC(C)(C)C. The molecule has 0 aromatic rings. The molecule has 0 radical (unpaired) electrons. The summed E-state index contributed by atoms with van der Waals surface area (Å²) in [5.74, 6) is -0.00439. The van der Waals surface area contributed by atoms with Crippen LogP contribution in [0.1, 0.15) is 101 Å². The van der Waals surface area contributed by atoms with E-state index in [-0.39, 0.29) is 5.41 Å². The molecule has 0 saturated heterocycles. The third-order valence-electron chi connectivity index (χ3n) is 5.31. The molecule has 0 fully saturated rings. The molecule has 138 valence electrons. The number of carboxylic acid groups (broad SMARTS) is 1. The summed E-state index contributed by atoms with van der Waals surface area (Å²) in [5, 5.41) is 9.33. The fourth-order valence-corrected chi connectivity index (χ4v) is 4.18. The minimum atomic E-state index is -0.690. The second-order valence-electron chi connectivity index (χ2n) is 11.0. The van der Waals surface area contributed by atoms with Crippen LogP contribution in [0.15, 0.2) is 0 Å². The van der Waals surface area contributed by atoms with Crippen molar-refractivity contribution < 1.29 is 9.90 Å². The highest BCUT2D eigenvalue weighted by Crippen LogP contribution is 2.42. The average Bonchev–Trinajstić information content (AvgIpc) is 2.23. The smallest absolute Gasteiger partial charge is 0.309 e. The molecule has 0 spiro atoms. The van der Waals surface area contributed by atoms with Crippen molar-refractivity contribution in [1.82, 2.24) is 0 Å². The lowest BCUT2D eigenvalue weighted by Gasteiger charge is -2.38. The Kier molecular flexibility index (Phi) is 7.40. The van der Waals surface area contributed by atoms with Gasteiger partial charge in [-0.2, -0.15) is 0 Å². The fourth-order valence-electron chi connectivity index (χ4n) is 4.18. The van der Waals surface area contributed by atoms with E-state index in [1.165, 1.54) is 19.3 Å². The second kappa shape index (κ2) is 7.57. The van der Waals surface area contributed by atoms with Gasteiger partial charge in [-0.05, 0) is 55.3 Å². The van der Waals surface area contributed by atoms with E-state index < -0.39 is 11.4 Å². The molecule has 23 heavy (non-hydrogen) atoms. The maximum Gasteiger partial charge on any atom is 0.309 e. The molecule has 2 heteroatoms. The molecule has 0 aliphatic heterocycles. The normalized spacial score (nSPS) is 15.6. The predicted molar refractivity (Wildman–Crippen MR) is 101 cm³/mol. The Hall–Kier alpha value is -0.530. The highest BCUT2D eigenvalue weighted by molar-refractivity contribution is 5.73. The fraction of sp³-hybridized carbons (Fsp3) is 0.952. The minimum Gasteiger partial charge on any atom is -0.481 e. The Bertz CT molecular complexity index is 383. The number of aliphatic carboxylic acids is 1. The van der Waals surface area contributed by atoms with Crippen molar-refractivity contribution in [1.29, 1.82) is 0 Å². The molecule has 1 N–H and O–H groups in total. The molecule has 0 aliphatic carbocycles. The molecule has 0 saturated carbocycles. The van der Waals surface area contributed by atoms with E-state index in [2.05, 4.69) is 55.4 Å². The minimum absolute atomic E-state index is 0.0791. The number of rotatable bonds is 9. The summed E-state index contributed by atoms with van der Waals surface area (Å²) in [7, 11) is 0. The molecule has 0 amide bonds. The lowest BCUT2D eigenvalue weighted by Crippen LogP contribution is -2.31. The van der Waals surface area contributed by atoms with Gasteiger partial charge in [0, 0.05) is 0 Å². The first-order chi connectivity index (χ1) is 9.99. The molecule has 2 nitrogen and oxygen atoms in total. The van der Waals surface area contributed by atoms with E-state index in [4.69, 9.17) is 0 Å². The average molecular weight is 327 g/mol. The zero-order chi connectivity index (χ0) is 18.7. The quantitative estimate of drug-likeness (QED) is 0.507. The third kappa shape index (κ3) is 8.77. The van der Waals surface area contributed by atoms with Crippen LogP contribution in [0.2, 0.25) is 0 Å². The van der Waals surface area contributed by atoms with E-state index >= 15 is 0 Å². The van der Waals surface area contributed by atoms with Gasteiger partial charge >= 0.3 is 5.97 Å². The van der Waals surface area contributed by atoms with Crippen LogP contribution in [-0.4, -0.2) is 11.1 Å². The molecule has 0 rings (SSSR count). The Morgan fingerprint density at radius 2 is 1.39 bits per heavy atom. The highest BCUT2D eigenvalue weighted by atomic mass is 16.4. The van der Waals surface area contributed by atoms with Crippen LogP contribution in [0.4, 0.5) is 0 Å². The number of carboxylic acids is 1. The first-order valence-corrected chi connectivity index (χ1v) is 9.22. The summed E-state index contributed by atoms with van der Waals surface area (Å²) < 4.78 is 0. The molecule has 0 aromatic heterocycles. The van der Waals surface area contributed by atoms with Crippen molar-refractivity contribution in [3.05, 3.63) is 0 Å². The molecule has 1 atom stereocenters. The number of hydrogen-bond acceptors (Lipinski definition) is 1. The number of hydrogen-bond donors (Lipinski definition) is 1. The zero-order valence-corrected chi connectivity index (χ0v) is 17.5. The Balaban J connectivity index is 4.50. The topological polar surface area (TPSA) is 37.3 Å². The lowest BCUT2D eigenvalue weighted by molar-refractivity contribution is -0.148. The van der Waals surface area contributed by atoms with Crippen molar-refractivity contribution in [2.75, 3.05) is 0 Å². The van der Waals surface area contributed by atoms with Gasteiger partial charge in [-0.1, -0.05) is 68.2 Å². The van der Waals surface area contributed by atoms with Gasteiger partial charge in [-0.3, -0.25) is 4.79 Å². The van der Waals surface area contributed by atoms with Gasteiger partial charge in [-0.15, -0.1) is 0 Å². The monoisotopic (exact) mass is 326 g/mol. The van der Waals surface area contributed by atoms with Crippen molar-refractivity contribution >= 4 is 5.97 Å². The molecule has 0 aromatic carbocycles. The van der Waals surface area contributed by atoms with E-state index in [1.54, 1.807) is 0 Å². The van der Waals surface area contributed by atoms with Crippen LogP contribution >= 0.6 is 0 Å². The zero-order valence-electron chi connectivity index (χ0n) is 17.5. The van der Waals surface area contributed by atoms with Crippen LogP contribution < -0.4 is 0 Å². The van der Waals surface area contributed by atoms with Crippen LogP contribution in [0.3, 0.4) is 0 Å². The molecular formula is C21H42O2. The van der Waals surface area contributed by atoms with Crippen LogP contribution in [0.5, 0.6) is 0 Å². The van der Waals surface area contributed by atoms with Crippen molar-refractivity contribution in [3.8, 4) is 0 Å². The summed E-state index contributed by atoms with van der Waals surface area (Å²) in [6.45, 7) is 22.2. The predicted octanol–water partition coefficient (Wildman–Crippen LogP) is 6.78. The van der Waals surface area contributed by atoms with Gasteiger partial charge in [0.25, 0.3) is 0 Å². The van der Waals surface area contributed by atoms with E-state index in [0.29, 0.717) is 16.7 Å². The van der Waals surface area contributed by atoms with Crippen molar-refractivity contribution in [2.45, 2.75) is 101 Å². The maximum absolute atomic E-state index is 11.3. The second-order valence-corrected chi connectivity index (χ2v) is 11.0. The maximum atomic E-state index is 11.3. The summed E-state index contributed by atoms with van der Waals surface area (Å²) in [6.07, 6.45) is 5.46. The van der Waals surface area contributed by atoms with Gasteiger partial charge < -0.3 is 5.11 Å². The van der Waals surface area contributed by atoms with E-state index in [9.17, 15) is 9.90 Å². The molecule has 0 heterocycles. The van der Waals surface area contributed by atoms with Gasteiger partial charge in [0.15, 0.2) is 0 Å². The van der Waals surface area contributed by atoms with E-state index in [0.717, 1.165) is 12.8 Å². The summed E-state index contributed by atoms with van der Waals surface area (Å²) in [5.41, 5.74) is 0.154. The number of carbonyl (C=O) groups is 1. The Morgan fingerprint density at radius 3 is 1.78 bits per heavy atom. The first-order valence-electron chi connectivity index (χ1n) is 9.22. The standard InChI is InChI=1S/C21H42O2/c1-16(20(7,8)14-18(2,3)4)12-11-13-19(5,6)15-21(9,10)17(22)23/h16H,11-15H2,1-10H3,(H,22,23). The summed E-state index contributed by atoms with van der Waals surface area (Å²) in [6, 6.07) is 0. The first kappa shape index (κ1) is 22.5. The third-order valence-corrected chi connectivity index (χ3v) is 5.31. The molecule has 1 unspecified atom stereocenters. The van der Waals surface area contributed by atoms with Gasteiger partial charge in [0.2, 0.25) is 0 Å². The van der Waals surface area contributed by atoms with Gasteiger partial charge in [0.05, 0.1) is 5.41 Å². The summed E-state index contributed by atoms with van der Waals surface area (Å²) in [4.78, 5) is 11.3. The highest BCUT2D eigenvalue weighted by Gasteiger charge is 2.35. The molecule has 0 bridgehead atoms. The molecule has 0 aliphatic rings. The lowest BCUT2D eigenvalue weighted by atomic mass is 9.67. The van der Waals surface area contributed by atoms with Crippen molar-refractivity contribution in [3.63, 3.8) is 0 Å². The largest absolute Gasteiger partial charge is 0.481 e. The van der Waals surface area contributed by atoms with Gasteiger partial charge in [0.1, 0.15) is 0 Å². The Morgan fingerprint density at radius 1 is 0.913 bits per heavy atom. The summed E-state index contributed by atoms with van der Waals surface area (Å²) >= 11 is 0. The van der Waals surface area contributed by atoms with E-state index in [1.807, 2.05) is 13.8 Å². The van der Waals surface area contributed by atoms with Crippen molar-refractivity contribution in [2.24, 2.45) is 27.6 Å². The van der Waals surface area contributed by atoms with Crippen LogP contribution in [0.25, 0.3) is 0 Å².